The molecule has 2 rings (SSSR count). The summed E-state index contributed by atoms with van der Waals surface area (Å²) in [5, 5.41) is 18.9. The summed E-state index contributed by atoms with van der Waals surface area (Å²) in [5.41, 5.74) is 0. The van der Waals surface area contributed by atoms with Gasteiger partial charge >= 0.3 is 0 Å². The van der Waals surface area contributed by atoms with E-state index in [2.05, 4.69) is 0 Å². The van der Waals surface area contributed by atoms with Crippen molar-refractivity contribution < 1.29 is 19.7 Å². The van der Waals surface area contributed by atoms with E-state index in [1.807, 2.05) is 0 Å². The molecule has 1 saturated carbocycles. The Hall–Kier alpha value is -0.160. The largest absolute Gasteiger partial charge is 0.390 e. The summed E-state index contributed by atoms with van der Waals surface area (Å²) in [6, 6.07) is 0. The van der Waals surface area contributed by atoms with Crippen molar-refractivity contribution in [2.24, 2.45) is 0 Å². The van der Waals surface area contributed by atoms with Gasteiger partial charge in [0.1, 0.15) is 12.2 Å². The number of aliphatic hydroxyl groups is 2. The molecule has 0 aromatic carbocycles. The minimum atomic E-state index is -0.669. The van der Waals surface area contributed by atoms with Crippen LogP contribution in [0.15, 0.2) is 0 Å². The molecule has 0 amide bonds. The van der Waals surface area contributed by atoms with Gasteiger partial charge in [-0.1, -0.05) is 0 Å². The molecule has 0 aromatic rings. The van der Waals surface area contributed by atoms with Crippen molar-refractivity contribution >= 4 is 0 Å². The Bertz CT molecular complexity index is 173. The van der Waals surface area contributed by atoms with Gasteiger partial charge in [0.15, 0.2) is 5.79 Å². The fourth-order valence-electron chi connectivity index (χ4n) is 1.93. The molecule has 2 N–H and O–H groups in total. The van der Waals surface area contributed by atoms with Crippen molar-refractivity contribution in [1.29, 1.82) is 0 Å². The highest BCUT2D eigenvalue weighted by Gasteiger charge is 2.53. The molecule has 4 heteroatoms. The van der Waals surface area contributed by atoms with Crippen molar-refractivity contribution in [2.45, 2.75) is 50.5 Å². The monoisotopic (exact) mass is 174 g/mol. The van der Waals surface area contributed by atoms with Crippen LogP contribution in [0, 0.1) is 0 Å². The standard InChI is InChI=1S/C8H14O4/c1-8(2)11-6-4(9)3-5(10)7(6)12-8/h4-7,9-10H,3H2,1-2H3/t4-,5-,6-,7+/m1/s1. The van der Waals surface area contributed by atoms with E-state index >= 15 is 0 Å². The van der Waals surface area contributed by atoms with Gasteiger partial charge in [-0.15, -0.1) is 0 Å². The molecule has 1 aliphatic heterocycles. The Morgan fingerprint density at radius 1 is 1.08 bits per heavy atom. The average molecular weight is 174 g/mol. The van der Waals surface area contributed by atoms with Crippen LogP contribution in [0.1, 0.15) is 20.3 Å². The molecule has 70 valence electrons. The summed E-state index contributed by atoms with van der Waals surface area (Å²) in [7, 11) is 0. The van der Waals surface area contributed by atoms with Gasteiger partial charge in [-0.05, 0) is 13.8 Å². The summed E-state index contributed by atoms with van der Waals surface area (Å²) in [6.45, 7) is 3.56. The normalized spacial score (nSPS) is 51.0. The molecule has 12 heavy (non-hydrogen) atoms. The highest BCUT2D eigenvalue weighted by molar-refractivity contribution is 4.98. The summed E-state index contributed by atoms with van der Waals surface area (Å²) < 4.78 is 10.8. The minimum absolute atomic E-state index is 0.352. The van der Waals surface area contributed by atoms with Crippen LogP contribution in [-0.4, -0.2) is 40.4 Å². The van der Waals surface area contributed by atoms with E-state index in [1.165, 1.54) is 0 Å². The Morgan fingerprint density at radius 2 is 1.50 bits per heavy atom. The van der Waals surface area contributed by atoms with Gasteiger partial charge in [-0.2, -0.15) is 0 Å². The first-order chi connectivity index (χ1) is 5.49. The summed E-state index contributed by atoms with van der Waals surface area (Å²) in [6.07, 6.45) is -1.53. The van der Waals surface area contributed by atoms with E-state index in [0.717, 1.165) is 0 Å². The molecular formula is C8H14O4. The zero-order valence-corrected chi connectivity index (χ0v) is 7.23. The second-order valence-corrected chi connectivity index (χ2v) is 3.94. The number of ether oxygens (including phenoxy) is 2. The smallest absolute Gasteiger partial charge is 0.164 e. The maximum Gasteiger partial charge on any atom is 0.164 e. The molecule has 4 nitrogen and oxygen atoms in total. The van der Waals surface area contributed by atoms with Crippen LogP contribution in [0.3, 0.4) is 0 Å². The first-order valence-electron chi connectivity index (χ1n) is 4.21. The van der Waals surface area contributed by atoms with Crippen LogP contribution in [0.2, 0.25) is 0 Å². The third-order valence-corrected chi connectivity index (χ3v) is 2.41. The molecule has 1 heterocycles. The molecular weight excluding hydrogens is 160 g/mol. The Labute approximate surface area is 71.1 Å². The molecule has 0 radical (unpaired) electrons. The highest BCUT2D eigenvalue weighted by Crippen LogP contribution is 2.38. The van der Waals surface area contributed by atoms with E-state index in [-0.39, 0.29) is 12.2 Å². The average Bonchev–Trinajstić information content (AvgIpc) is 2.34. The fraction of sp³-hybridized carbons (Fsp3) is 1.00. The summed E-state index contributed by atoms with van der Waals surface area (Å²) in [5.74, 6) is -0.669. The molecule has 2 fully saturated rings. The first kappa shape index (κ1) is 8.44. The van der Waals surface area contributed by atoms with Crippen LogP contribution in [0.25, 0.3) is 0 Å². The number of hydrogen-bond acceptors (Lipinski definition) is 4. The van der Waals surface area contributed by atoms with Gasteiger partial charge in [-0.25, -0.2) is 0 Å². The Kier molecular flexibility index (Phi) is 1.70. The Balaban J connectivity index is 2.15. The SMILES string of the molecule is CC1(C)O[C@@H]2[C@H](O1)[C@H](O)C[C@H]2O. The van der Waals surface area contributed by atoms with Gasteiger partial charge in [0.25, 0.3) is 0 Å². The second-order valence-electron chi connectivity index (χ2n) is 3.94. The molecule has 1 aliphatic carbocycles. The van der Waals surface area contributed by atoms with Crippen LogP contribution >= 0.6 is 0 Å². The second kappa shape index (κ2) is 2.42. The molecule has 4 atom stereocenters. The molecule has 0 spiro atoms. The van der Waals surface area contributed by atoms with Crippen molar-refractivity contribution in [3.63, 3.8) is 0 Å². The predicted octanol–water partition coefficient (Wildman–Crippen LogP) is -0.368. The highest BCUT2D eigenvalue weighted by atomic mass is 16.8. The van der Waals surface area contributed by atoms with Gasteiger partial charge in [0.2, 0.25) is 0 Å². The minimum Gasteiger partial charge on any atom is -0.390 e. The summed E-state index contributed by atoms with van der Waals surface area (Å²) >= 11 is 0. The lowest BCUT2D eigenvalue weighted by Gasteiger charge is -2.20. The van der Waals surface area contributed by atoms with Gasteiger partial charge in [-0.3, -0.25) is 0 Å². The lowest BCUT2D eigenvalue weighted by molar-refractivity contribution is -0.171. The Morgan fingerprint density at radius 3 is 1.92 bits per heavy atom. The predicted molar refractivity (Wildman–Crippen MR) is 40.5 cm³/mol. The van der Waals surface area contributed by atoms with E-state index < -0.39 is 18.0 Å². The van der Waals surface area contributed by atoms with Crippen molar-refractivity contribution in [3.05, 3.63) is 0 Å². The van der Waals surface area contributed by atoms with Crippen LogP contribution < -0.4 is 0 Å². The van der Waals surface area contributed by atoms with Gasteiger partial charge in [0.05, 0.1) is 12.2 Å². The third kappa shape index (κ3) is 1.15. The van der Waals surface area contributed by atoms with E-state index in [9.17, 15) is 10.2 Å². The zero-order chi connectivity index (χ0) is 8.93. The molecule has 0 bridgehead atoms. The van der Waals surface area contributed by atoms with Crippen LogP contribution in [-0.2, 0) is 9.47 Å². The molecule has 0 aromatic heterocycles. The topological polar surface area (TPSA) is 58.9 Å². The number of rotatable bonds is 0. The van der Waals surface area contributed by atoms with Crippen LogP contribution in [0.5, 0.6) is 0 Å². The van der Waals surface area contributed by atoms with Crippen molar-refractivity contribution in [1.82, 2.24) is 0 Å². The third-order valence-electron chi connectivity index (χ3n) is 2.41. The molecule has 1 saturated heterocycles. The lowest BCUT2D eigenvalue weighted by Crippen LogP contribution is -2.29. The fourth-order valence-corrected chi connectivity index (χ4v) is 1.93. The molecule has 2 aliphatic rings. The van der Waals surface area contributed by atoms with Crippen molar-refractivity contribution in [2.75, 3.05) is 0 Å². The number of fused-ring (bicyclic) bond motifs is 1. The zero-order valence-electron chi connectivity index (χ0n) is 7.23. The van der Waals surface area contributed by atoms with Gasteiger partial charge < -0.3 is 19.7 Å². The van der Waals surface area contributed by atoms with Gasteiger partial charge in [0, 0.05) is 6.42 Å². The quantitative estimate of drug-likeness (QED) is 0.526. The van der Waals surface area contributed by atoms with Crippen molar-refractivity contribution in [3.8, 4) is 0 Å². The van der Waals surface area contributed by atoms with E-state index in [0.29, 0.717) is 6.42 Å². The summed E-state index contributed by atoms with van der Waals surface area (Å²) in [4.78, 5) is 0. The number of aliphatic hydroxyl groups excluding tert-OH is 2. The van der Waals surface area contributed by atoms with Crippen LogP contribution in [0.4, 0.5) is 0 Å². The maximum absolute atomic E-state index is 9.44. The van der Waals surface area contributed by atoms with E-state index in [4.69, 9.17) is 9.47 Å². The lowest BCUT2D eigenvalue weighted by atomic mass is 10.2. The van der Waals surface area contributed by atoms with E-state index in [1.54, 1.807) is 13.8 Å². The number of hydrogen-bond donors (Lipinski definition) is 2. The molecule has 0 unspecified atom stereocenters. The maximum atomic E-state index is 9.44. The first-order valence-corrected chi connectivity index (χ1v) is 4.21.